The van der Waals surface area contributed by atoms with Gasteiger partial charge in [0.15, 0.2) is 5.78 Å². The van der Waals surface area contributed by atoms with Crippen molar-refractivity contribution in [3.63, 3.8) is 0 Å². The Balaban J connectivity index is 2.17. The van der Waals surface area contributed by atoms with Gasteiger partial charge in [0.25, 0.3) is 0 Å². The molecule has 0 saturated heterocycles. The summed E-state index contributed by atoms with van der Waals surface area (Å²) >= 11 is 0. The molecular formula is C11H10N4O3. The van der Waals surface area contributed by atoms with Crippen LogP contribution in [0.15, 0.2) is 30.6 Å². The number of benzene rings is 1. The van der Waals surface area contributed by atoms with E-state index in [2.05, 4.69) is 15.5 Å². The van der Waals surface area contributed by atoms with Gasteiger partial charge in [-0.1, -0.05) is 6.07 Å². The summed E-state index contributed by atoms with van der Waals surface area (Å²) in [4.78, 5) is 22.4. The number of carbonyl (C=O) groups is 2. The Kier molecular flexibility index (Phi) is 3.42. The van der Waals surface area contributed by atoms with Crippen molar-refractivity contribution in [2.45, 2.75) is 6.92 Å². The highest BCUT2D eigenvalue weighted by Gasteiger charge is 2.09. The molecule has 0 N–H and O–H groups in total. The molecule has 0 fully saturated rings. The van der Waals surface area contributed by atoms with E-state index in [1.807, 2.05) is 0 Å². The van der Waals surface area contributed by atoms with Crippen molar-refractivity contribution in [2.24, 2.45) is 0 Å². The zero-order valence-electron chi connectivity index (χ0n) is 9.61. The van der Waals surface area contributed by atoms with Crippen molar-refractivity contribution in [3.8, 4) is 5.69 Å². The van der Waals surface area contributed by atoms with Gasteiger partial charge in [-0.3, -0.25) is 4.79 Å². The van der Waals surface area contributed by atoms with Gasteiger partial charge < -0.3 is 4.74 Å². The summed E-state index contributed by atoms with van der Waals surface area (Å²) in [5.74, 6) is -0.764. The number of carbonyl (C=O) groups excluding carboxylic acids is 2. The van der Waals surface area contributed by atoms with Crippen LogP contribution in [0.4, 0.5) is 0 Å². The summed E-state index contributed by atoms with van der Waals surface area (Å²) in [5, 5.41) is 10.7. The van der Waals surface area contributed by atoms with Gasteiger partial charge in [-0.2, -0.15) is 0 Å². The number of rotatable bonds is 4. The maximum atomic E-state index is 11.6. The molecule has 0 amide bonds. The number of hydrogen-bond donors (Lipinski definition) is 0. The van der Waals surface area contributed by atoms with Crippen molar-refractivity contribution < 1.29 is 14.3 Å². The molecule has 1 aromatic carbocycles. The zero-order chi connectivity index (χ0) is 13.0. The van der Waals surface area contributed by atoms with Crippen molar-refractivity contribution in [2.75, 3.05) is 6.61 Å². The van der Waals surface area contributed by atoms with E-state index < -0.39 is 5.97 Å². The molecule has 7 heteroatoms. The van der Waals surface area contributed by atoms with Gasteiger partial charge >= 0.3 is 5.97 Å². The molecule has 0 spiro atoms. The number of ketones is 1. The number of hydrogen-bond acceptors (Lipinski definition) is 6. The number of ether oxygens (including phenoxy) is 1. The molecule has 0 aliphatic rings. The normalized spacial score (nSPS) is 10.1. The smallest absolute Gasteiger partial charge is 0.338 e. The molecule has 92 valence electrons. The molecule has 0 aliphatic carbocycles. The lowest BCUT2D eigenvalue weighted by Gasteiger charge is -2.04. The molecule has 2 rings (SSSR count). The Hall–Kier alpha value is -2.57. The Morgan fingerprint density at radius 2 is 2.22 bits per heavy atom. The fraction of sp³-hybridized carbons (Fsp3) is 0.182. The first-order chi connectivity index (χ1) is 8.66. The van der Waals surface area contributed by atoms with E-state index in [4.69, 9.17) is 4.74 Å². The molecular weight excluding hydrogens is 236 g/mol. The first-order valence-electron chi connectivity index (χ1n) is 5.17. The average molecular weight is 246 g/mol. The summed E-state index contributed by atoms with van der Waals surface area (Å²) in [6, 6.07) is 6.61. The maximum Gasteiger partial charge on any atom is 0.338 e. The molecule has 7 nitrogen and oxygen atoms in total. The first-order valence-corrected chi connectivity index (χ1v) is 5.17. The average Bonchev–Trinajstić information content (AvgIpc) is 2.90. The Morgan fingerprint density at radius 1 is 1.39 bits per heavy atom. The third kappa shape index (κ3) is 2.76. The van der Waals surface area contributed by atoms with Crippen LogP contribution in [0.3, 0.4) is 0 Å². The fourth-order valence-corrected chi connectivity index (χ4v) is 1.31. The van der Waals surface area contributed by atoms with Gasteiger partial charge in [-0.25, -0.2) is 9.48 Å². The van der Waals surface area contributed by atoms with E-state index >= 15 is 0 Å². The SMILES string of the molecule is CC(=O)COC(=O)c1cccc(-n2cnnn2)c1. The Morgan fingerprint density at radius 3 is 2.89 bits per heavy atom. The van der Waals surface area contributed by atoms with E-state index in [0.717, 1.165) is 0 Å². The quantitative estimate of drug-likeness (QED) is 0.726. The van der Waals surface area contributed by atoms with Gasteiger partial charge in [0.05, 0.1) is 11.3 Å². The summed E-state index contributed by atoms with van der Waals surface area (Å²) < 4.78 is 6.23. The van der Waals surface area contributed by atoms with Crippen LogP contribution in [0.25, 0.3) is 5.69 Å². The molecule has 0 radical (unpaired) electrons. The number of aromatic nitrogens is 4. The number of esters is 1. The van der Waals surface area contributed by atoms with Crippen LogP contribution in [0.1, 0.15) is 17.3 Å². The van der Waals surface area contributed by atoms with Crippen LogP contribution in [-0.4, -0.2) is 38.6 Å². The third-order valence-electron chi connectivity index (χ3n) is 2.10. The lowest BCUT2D eigenvalue weighted by Crippen LogP contribution is -2.11. The highest BCUT2D eigenvalue weighted by Crippen LogP contribution is 2.09. The molecule has 18 heavy (non-hydrogen) atoms. The van der Waals surface area contributed by atoms with E-state index in [0.29, 0.717) is 11.3 Å². The predicted molar refractivity (Wildman–Crippen MR) is 60.1 cm³/mol. The van der Waals surface area contributed by atoms with Crippen molar-refractivity contribution >= 4 is 11.8 Å². The topological polar surface area (TPSA) is 87.0 Å². The summed E-state index contributed by atoms with van der Waals surface area (Å²) in [5.41, 5.74) is 0.974. The second kappa shape index (κ2) is 5.17. The van der Waals surface area contributed by atoms with Crippen molar-refractivity contribution in [3.05, 3.63) is 36.2 Å². The number of Topliss-reactive ketones (excluding diaryl/α,β-unsaturated/α-hetero) is 1. The summed E-state index contributed by atoms with van der Waals surface area (Å²) in [6.45, 7) is 1.12. The van der Waals surface area contributed by atoms with Crippen LogP contribution in [0.2, 0.25) is 0 Å². The fourth-order valence-electron chi connectivity index (χ4n) is 1.31. The molecule has 2 aromatic rings. The third-order valence-corrected chi connectivity index (χ3v) is 2.10. The zero-order valence-corrected chi connectivity index (χ0v) is 9.61. The molecule has 0 bridgehead atoms. The van der Waals surface area contributed by atoms with Crippen molar-refractivity contribution in [1.29, 1.82) is 0 Å². The predicted octanol–water partition coefficient (Wildman–Crippen LogP) is 0.408. The van der Waals surface area contributed by atoms with Gasteiger partial charge in [0.1, 0.15) is 12.9 Å². The first kappa shape index (κ1) is 11.9. The minimum Gasteiger partial charge on any atom is -0.454 e. The maximum absolute atomic E-state index is 11.6. The standard InChI is InChI=1S/C11H10N4O3/c1-8(16)6-18-11(17)9-3-2-4-10(5-9)15-7-12-13-14-15/h2-5,7H,6H2,1H3. The van der Waals surface area contributed by atoms with Gasteiger partial charge in [-0.05, 0) is 35.5 Å². The van der Waals surface area contributed by atoms with Crippen LogP contribution in [0.5, 0.6) is 0 Å². The summed E-state index contributed by atoms with van der Waals surface area (Å²) in [7, 11) is 0. The Bertz CT molecular complexity index is 565. The van der Waals surface area contributed by atoms with Gasteiger partial charge in [0.2, 0.25) is 0 Å². The van der Waals surface area contributed by atoms with Crippen molar-refractivity contribution in [1.82, 2.24) is 20.2 Å². The van der Waals surface area contributed by atoms with E-state index in [1.54, 1.807) is 24.3 Å². The monoisotopic (exact) mass is 246 g/mol. The lowest BCUT2D eigenvalue weighted by atomic mass is 10.2. The van der Waals surface area contributed by atoms with E-state index in [9.17, 15) is 9.59 Å². The molecule has 0 atom stereocenters. The second-order valence-corrected chi connectivity index (χ2v) is 3.58. The van der Waals surface area contributed by atoms with Crippen LogP contribution in [0, 0.1) is 0 Å². The van der Waals surface area contributed by atoms with E-state index in [-0.39, 0.29) is 12.4 Å². The van der Waals surface area contributed by atoms with E-state index in [1.165, 1.54) is 17.9 Å². The number of nitrogens with zero attached hydrogens (tertiary/aromatic N) is 4. The van der Waals surface area contributed by atoms with Gasteiger partial charge in [0, 0.05) is 0 Å². The highest BCUT2D eigenvalue weighted by atomic mass is 16.5. The molecule has 0 unspecified atom stereocenters. The molecule has 0 aliphatic heterocycles. The second-order valence-electron chi connectivity index (χ2n) is 3.58. The summed E-state index contributed by atoms with van der Waals surface area (Å²) in [6.07, 6.45) is 1.42. The van der Waals surface area contributed by atoms with Crippen LogP contribution >= 0.6 is 0 Å². The van der Waals surface area contributed by atoms with Crippen LogP contribution in [-0.2, 0) is 9.53 Å². The molecule has 0 saturated carbocycles. The highest BCUT2D eigenvalue weighted by molar-refractivity contribution is 5.91. The van der Waals surface area contributed by atoms with Gasteiger partial charge in [-0.15, -0.1) is 5.10 Å². The minimum atomic E-state index is -0.555. The lowest BCUT2D eigenvalue weighted by molar-refractivity contribution is -0.120. The minimum absolute atomic E-state index is 0.208. The largest absolute Gasteiger partial charge is 0.454 e. The molecule has 1 aromatic heterocycles. The Labute approximate surface area is 102 Å². The number of tetrazole rings is 1. The molecule has 1 heterocycles. The van der Waals surface area contributed by atoms with Crippen LogP contribution < -0.4 is 0 Å².